The van der Waals surface area contributed by atoms with Crippen molar-refractivity contribution in [1.82, 2.24) is 5.32 Å². The minimum absolute atomic E-state index is 0.122. The number of carbonyl (C=O) groups is 1. The number of ether oxygens (including phenoxy) is 2. The highest BCUT2D eigenvalue weighted by atomic mass is 16.5. The zero-order valence-electron chi connectivity index (χ0n) is 12.8. The van der Waals surface area contributed by atoms with Gasteiger partial charge in [-0.05, 0) is 37.1 Å². The molecule has 2 aromatic carbocycles. The average molecular weight is 312 g/mol. The Kier molecular flexibility index (Phi) is 5.11. The lowest BCUT2D eigenvalue weighted by Gasteiger charge is -2.14. The van der Waals surface area contributed by atoms with Crippen LogP contribution in [0, 0.1) is 0 Å². The third-order valence-corrected chi connectivity index (χ3v) is 3.62. The second-order valence-corrected chi connectivity index (χ2v) is 5.38. The van der Waals surface area contributed by atoms with Crippen molar-refractivity contribution in [2.45, 2.75) is 18.9 Å². The van der Waals surface area contributed by atoms with Crippen LogP contribution in [0.4, 0.5) is 10.5 Å². The number of nitrogens with one attached hydrogen (secondary N) is 2. The Morgan fingerprint density at radius 2 is 1.91 bits per heavy atom. The smallest absolute Gasteiger partial charge is 0.319 e. The number of urea groups is 1. The monoisotopic (exact) mass is 312 g/mol. The number of anilines is 1. The van der Waals surface area contributed by atoms with Gasteiger partial charge in [0.1, 0.15) is 5.75 Å². The summed E-state index contributed by atoms with van der Waals surface area (Å²) < 4.78 is 11.3. The number of hydrogen-bond donors (Lipinski definition) is 2. The number of para-hydroxylation sites is 3. The molecule has 2 N–H and O–H groups in total. The molecule has 23 heavy (non-hydrogen) atoms. The van der Waals surface area contributed by atoms with Crippen molar-refractivity contribution in [3.05, 3.63) is 54.6 Å². The van der Waals surface area contributed by atoms with Crippen LogP contribution in [0.25, 0.3) is 0 Å². The molecule has 0 spiro atoms. The summed E-state index contributed by atoms with van der Waals surface area (Å²) in [4.78, 5) is 12.0. The molecule has 0 aromatic heterocycles. The van der Waals surface area contributed by atoms with Gasteiger partial charge in [-0.15, -0.1) is 0 Å². The van der Waals surface area contributed by atoms with Crippen LogP contribution >= 0.6 is 0 Å². The van der Waals surface area contributed by atoms with Crippen molar-refractivity contribution in [3.63, 3.8) is 0 Å². The van der Waals surface area contributed by atoms with E-state index in [1.807, 2.05) is 54.6 Å². The lowest BCUT2D eigenvalue weighted by Crippen LogP contribution is -2.35. The molecule has 1 unspecified atom stereocenters. The fourth-order valence-electron chi connectivity index (χ4n) is 2.45. The van der Waals surface area contributed by atoms with Crippen LogP contribution in [0.15, 0.2) is 54.6 Å². The molecule has 1 saturated heterocycles. The SMILES string of the molecule is O=C(NCC1CCCO1)Nc1ccccc1Oc1ccccc1. The van der Waals surface area contributed by atoms with Crippen LogP contribution in [0.5, 0.6) is 11.5 Å². The van der Waals surface area contributed by atoms with E-state index < -0.39 is 0 Å². The van der Waals surface area contributed by atoms with Gasteiger partial charge in [0.25, 0.3) is 0 Å². The number of carbonyl (C=O) groups excluding carboxylic acids is 1. The highest BCUT2D eigenvalue weighted by molar-refractivity contribution is 5.90. The minimum atomic E-state index is -0.260. The van der Waals surface area contributed by atoms with E-state index >= 15 is 0 Å². The molecule has 1 aliphatic heterocycles. The van der Waals surface area contributed by atoms with E-state index in [1.165, 1.54) is 0 Å². The van der Waals surface area contributed by atoms with E-state index in [0.29, 0.717) is 18.0 Å². The van der Waals surface area contributed by atoms with Crippen LogP contribution < -0.4 is 15.4 Å². The van der Waals surface area contributed by atoms with Crippen molar-refractivity contribution in [1.29, 1.82) is 0 Å². The molecule has 0 saturated carbocycles. The molecule has 0 bridgehead atoms. The van der Waals surface area contributed by atoms with Gasteiger partial charge in [0.15, 0.2) is 5.75 Å². The third-order valence-electron chi connectivity index (χ3n) is 3.62. The number of amides is 2. The van der Waals surface area contributed by atoms with E-state index in [4.69, 9.17) is 9.47 Å². The van der Waals surface area contributed by atoms with Crippen LogP contribution in [0.2, 0.25) is 0 Å². The quantitative estimate of drug-likeness (QED) is 0.883. The molecule has 1 fully saturated rings. The van der Waals surface area contributed by atoms with Crippen LogP contribution in [0.3, 0.4) is 0 Å². The highest BCUT2D eigenvalue weighted by Gasteiger charge is 2.16. The lowest BCUT2D eigenvalue weighted by molar-refractivity contribution is 0.112. The molecule has 5 heteroatoms. The van der Waals surface area contributed by atoms with E-state index in [0.717, 1.165) is 25.2 Å². The Labute approximate surface area is 135 Å². The molecule has 1 aliphatic rings. The van der Waals surface area contributed by atoms with E-state index in [1.54, 1.807) is 0 Å². The largest absolute Gasteiger partial charge is 0.455 e. The van der Waals surface area contributed by atoms with Gasteiger partial charge in [-0.1, -0.05) is 30.3 Å². The van der Waals surface area contributed by atoms with E-state index in [-0.39, 0.29) is 12.1 Å². The van der Waals surface area contributed by atoms with Gasteiger partial charge >= 0.3 is 6.03 Å². The van der Waals surface area contributed by atoms with Crippen molar-refractivity contribution >= 4 is 11.7 Å². The topological polar surface area (TPSA) is 59.6 Å². The first-order valence-corrected chi connectivity index (χ1v) is 7.79. The maximum Gasteiger partial charge on any atom is 0.319 e. The summed E-state index contributed by atoms with van der Waals surface area (Å²) in [6, 6.07) is 16.6. The van der Waals surface area contributed by atoms with E-state index in [9.17, 15) is 4.79 Å². The van der Waals surface area contributed by atoms with Crippen molar-refractivity contribution in [2.24, 2.45) is 0 Å². The Morgan fingerprint density at radius 3 is 2.70 bits per heavy atom. The third kappa shape index (κ3) is 4.47. The van der Waals surface area contributed by atoms with Gasteiger partial charge in [-0.2, -0.15) is 0 Å². The summed E-state index contributed by atoms with van der Waals surface area (Å²) in [7, 11) is 0. The first-order chi connectivity index (χ1) is 11.3. The van der Waals surface area contributed by atoms with Gasteiger partial charge in [0.2, 0.25) is 0 Å². The Bertz CT molecular complexity index is 640. The maximum absolute atomic E-state index is 12.0. The van der Waals surface area contributed by atoms with Crippen LogP contribution in [0.1, 0.15) is 12.8 Å². The molecule has 120 valence electrons. The zero-order valence-corrected chi connectivity index (χ0v) is 12.8. The molecule has 2 aromatic rings. The van der Waals surface area contributed by atoms with E-state index in [2.05, 4.69) is 10.6 Å². The summed E-state index contributed by atoms with van der Waals surface area (Å²) in [6.45, 7) is 1.30. The van der Waals surface area contributed by atoms with Gasteiger partial charge < -0.3 is 20.1 Å². The van der Waals surface area contributed by atoms with Gasteiger partial charge in [0, 0.05) is 13.2 Å². The van der Waals surface area contributed by atoms with Gasteiger partial charge in [0.05, 0.1) is 11.8 Å². The standard InChI is InChI=1S/C18H20N2O3/c21-18(19-13-15-9-6-12-22-15)20-16-10-4-5-11-17(16)23-14-7-2-1-3-8-14/h1-5,7-8,10-11,15H,6,9,12-13H2,(H2,19,20,21). The summed E-state index contributed by atoms with van der Waals surface area (Å²) >= 11 is 0. The van der Waals surface area contributed by atoms with Gasteiger partial charge in [-0.25, -0.2) is 4.79 Å². The second kappa shape index (κ2) is 7.65. The molecule has 1 heterocycles. The Morgan fingerprint density at radius 1 is 1.13 bits per heavy atom. The molecular formula is C18H20N2O3. The first-order valence-electron chi connectivity index (χ1n) is 7.79. The first kappa shape index (κ1) is 15.4. The summed E-state index contributed by atoms with van der Waals surface area (Å²) in [5.74, 6) is 1.33. The number of hydrogen-bond acceptors (Lipinski definition) is 3. The molecule has 2 amide bonds. The summed E-state index contributed by atoms with van der Waals surface area (Å²) in [5.41, 5.74) is 0.626. The molecular weight excluding hydrogens is 292 g/mol. The van der Waals surface area contributed by atoms with Crippen molar-refractivity contribution in [2.75, 3.05) is 18.5 Å². The van der Waals surface area contributed by atoms with Crippen molar-refractivity contribution < 1.29 is 14.3 Å². The predicted molar refractivity (Wildman–Crippen MR) is 89.0 cm³/mol. The molecule has 1 atom stereocenters. The highest BCUT2D eigenvalue weighted by Crippen LogP contribution is 2.28. The Hall–Kier alpha value is -2.53. The van der Waals surface area contributed by atoms with Crippen molar-refractivity contribution in [3.8, 4) is 11.5 Å². The predicted octanol–water partition coefficient (Wildman–Crippen LogP) is 3.78. The normalized spacial score (nSPS) is 16.8. The molecule has 3 rings (SSSR count). The maximum atomic E-state index is 12.0. The summed E-state index contributed by atoms with van der Waals surface area (Å²) in [6.07, 6.45) is 2.17. The van der Waals surface area contributed by atoms with Crippen LogP contribution in [-0.4, -0.2) is 25.3 Å². The molecule has 0 radical (unpaired) electrons. The second-order valence-electron chi connectivity index (χ2n) is 5.38. The lowest BCUT2D eigenvalue weighted by atomic mass is 10.2. The Balaban J connectivity index is 1.59. The number of benzene rings is 2. The average Bonchev–Trinajstić information content (AvgIpc) is 3.09. The van der Waals surface area contributed by atoms with Gasteiger partial charge in [-0.3, -0.25) is 0 Å². The fraction of sp³-hybridized carbons (Fsp3) is 0.278. The van der Waals surface area contributed by atoms with Crippen LogP contribution in [-0.2, 0) is 4.74 Å². The fourth-order valence-corrected chi connectivity index (χ4v) is 2.45. The number of rotatable bonds is 5. The minimum Gasteiger partial charge on any atom is -0.455 e. The molecule has 5 nitrogen and oxygen atoms in total. The zero-order chi connectivity index (χ0) is 15.9. The summed E-state index contributed by atoms with van der Waals surface area (Å²) in [5, 5.41) is 5.66. The molecule has 0 aliphatic carbocycles.